The molecule has 2 aromatic carbocycles. The molecule has 4 rings (SSSR count). The van der Waals surface area contributed by atoms with Gasteiger partial charge in [-0.15, -0.1) is 11.3 Å². The predicted octanol–water partition coefficient (Wildman–Crippen LogP) is 5.95. The second-order valence-electron chi connectivity index (χ2n) is 6.26. The van der Waals surface area contributed by atoms with Crippen LogP contribution in [-0.2, 0) is 0 Å². The number of thiophene rings is 1. The van der Waals surface area contributed by atoms with Gasteiger partial charge in [-0.25, -0.2) is 9.97 Å². The van der Waals surface area contributed by atoms with Gasteiger partial charge in [0.1, 0.15) is 17.0 Å². The lowest BCUT2D eigenvalue weighted by atomic mass is 10.1. The summed E-state index contributed by atoms with van der Waals surface area (Å²) in [5.41, 5.74) is 4.60. The number of nitrogens with one attached hydrogen (secondary N) is 1. The Morgan fingerprint density at radius 2 is 1.67 bits per heavy atom. The summed E-state index contributed by atoms with van der Waals surface area (Å²) in [6.45, 7) is 6.36. The molecule has 0 radical (unpaired) electrons. The largest absolute Gasteiger partial charge is 0.372 e. The quantitative estimate of drug-likeness (QED) is 0.453. The van der Waals surface area contributed by atoms with E-state index in [0.717, 1.165) is 34.8 Å². The van der Waals surface area contributed by atoms with Crippen molar-refractivity contribution in [3.8, 4) is 11.1 Å². The minimum atomic E-state index is 0.843. The van der Waals surface area contributed by atoms with Crippen LogP contribution in [0, 0.1) is 0 Å². The van der Waals surface area contributed by atoms with Gasteiger partial charge in [0, 0.05) is 35.4 Å². The molecule has 27 heavy (non-hydrogen) atoms. The second-order valence-corrected chi connectivity index (χ2v) is 7.12. The highest BCUT2D eigenvalue weighted by Gasteiger charge is 2.13. The summed E-state index contributed by atoms with van der Waals surface area (Å²) < 4.78 is 0. The van der Waals surface area contributed by atoms with Gasteiger partial charge in [-0.1, -0.05) is 30.3 Å². The Kier molecular flexibility index (Phi) is 5.03. The van der Waals surface area contributed by atoms with Crippen LogP contribution < -0.4 is 10.2 Å². The van der Waals surface area contributed by atoms with Crippen molar-refractivity contribution in [1.82, 2.24) is 9.97 Å². The maximum absolute atomic E-state index is 4.52. The minimum Gasteiger partial charge on any atom is -0.372 e. The second kappa shape index (κ2) is 7.76. The topological polar surface area (TPSA) is 41.0 Å². The van der Waals surface area contributed by atoms with E-state index in [-0.39, 0.29) is 0 Å². The summed E-state index contributed by atoms with van der Waals surface area (Å²) >= 11 is 1.65. The lowest BCUT2D eigenvalue weighted by molar-refractivity contribution is 0.866. The van der Waals surface area contributed by atoms with Gasteiger partial charge in [-0.2, -0.15) is 0 Å². The molecular formula is C22H22N4S. The zero-order chi connectivity index (χ0) is 18.6. The van der Waals surface area contributed by atoms with Crippen molar-refractivity contribution in [1.29, 1.82) is 0 Å². The van der Waals surface area contributed by atoms with Crippen molar-refractivity contribution >= 4 is 38.7 Å². The number of nitrogens with zero attached hydrogens (tertiary/aromatic N) is 3. The van der Waals surface area contributed by atoms with Crippen molar-refractivity contribution in [3.05, 3.63) is 66.3 Å². The van der Waals surface area contributed by atoms with Crippen molar-refractivity contribution in [3.63, 3.8) is 0 Å². The molecule has 2 aromatic heterocycles. The minimum absolute atomic E-state index is 0.843. The average molecular weight is 375 g/mol. The third-order valence-electron chi connectivity index (χ3n) is 4.71. The van der Waals surface area contributed by atoms with Crippen molar-refractivity contribution < 1.29 is 0 Å². The third kappa shape index (κ3) is 3.51. The summed E-state index contributed by atoms with van der Waals surface area (Å²) in [4.78, 5) is 12.3. The number of aromatic nitrogens is 2. The van der Waals surface area contributed by atoms with E-state index in [1.165, 1.54) is 16.8 Å². The number of rotatable bonds is 6. The monoisotopic (exact) mass is 374 g/mol. The molecule has 5 heteroatoms. The van der Waals surface area contributed by atoms with Crippen molar-refractivity contribution in [2.75, 3.05) is 23.3 Å². The maximum Gasteiger partial charge on any atom is 0.143 e. The lowest BCUT2D eigenvalue weighted by Crippen LogP contribution is -2.21. The Bertz CT molecular complexity index is 1020. The van der Waals surface area contributed by atoms with Gasteiger partial charge in [0.05, 0.1) is 5.39 Å². The molecule has 0 bridgehead atoms. The third-order valence-corrected chi connectivity index (χ3v) is 5.60. The predicted molar refractivity (Wildman–Crippen MR) is 116 cm³/mol. The number of hydrogen-bond donors (Lipinski definition) is 1. The average Bonchev–Trinajstić information content (AvgIpc) is 3.16. The van der Waals surface area contributed by atoms with E-state index < -0.39 is 0 Å². The molecule has 4 nitrogen and oxygen atoms in total. The first-order valence-electron chi connectivity index (χ1n) is 9.19. The van der Waals surface area contributed by atoms with Crippen LogP contribution in [0.3, 0.4) is 0 Å². The number of fused-ring (bicyclic) bond motifs is 1. The molecule has 0 saturated carbocycles. The Balaban J connectivity index is 1.69. The zero-order valence-corrected chi connectivity index (χ0v) is 16.3. The van der Waals surface area contributed by atoms with Crippen molar-refractivity contribution in [2.45, 2.75) is 13.8 Å². The lowest BCUT2D eigenvalue weighted by Gasteiger charge is -2.21. The maximum atomic E-state index is 4.52. The van der Waals surface area contributed by atoms with Crippen LogP contribution in [0.1, 0.15) is 13.8 Å². The van der Waals surface area contributed by atoms with Crippen LogP contribution in [0.15, 0.2) is 66.3 Å². The normalized spacial score (nSPS) is 10.9. The Hall–Kier alpha value is -2.92. The first kappa shape index (κ1) is 17.5. The molecule has 0 amide bonds. The molecular weight excluding hydrogens is 352 g/mol. The standard InChI is InChI=1S/C22H22N4S/c1-3-26(4-2)18-12-10-17(11-13-18)25-21-20-19(16-8-6-5-7-9-16)14-27-22(20)24-15-23-21/h5-15H,3-4H2,1-2H3,(H,23,24,25). The van der Waals surface area contributed by atoms with E-state index in [1.807, 2.05) is 6.07 Å². The number of hydrogen-bond acceptors (Lipinski definition) is 5. The molecule has 0 aliphatic carbocycles. The van der Waals surface area contributed by atoms with E-state index in [9.17, 15) is 0 Å². The van der Waals surface area contributed by atoms with E-state index >= 15 is 0 Å². The highest BCUT2D eigenvalue weighted by molar-refractivity contribution is 7.17. The molecule has 136 valence electrons. The van der Waals surface area contributed by atoms with Gasteiger partial charge in [-0.3, -0.25) is 0 Å². The van der Waals surface area contributed by atoms with Gasteiger partial charge in [-0.05, 0) is 43.7 Å². The van der Waals surface area contributed by atoms with E-state index in [4.69, 9.17) is 0 Å². The molecule has 1 N–H and O–H groups in total. The van der Waals surface area contributed by atoms with E-state index in [2.05, 4.69) is 87.9 Å². The summed E-state index contributed by atoms with van der Waals surface area (Å²) in [5, 5.41) is 6.71. The summed E-state index contributed by atoms with van der Waals surface area (Å²) in [6, 6.07) is 18.9. The Morgan fingerprint density at radius 1 is 0.926 bits per heavy atom. The molecule has 0 atom stereocenters. The highest BCUT2D eigenvalue weighted by Crippen LogP contribution is 2.37. The Morgan fingerprint density at radius 3 is 2.37 bits per heavy atom. The van der Waals surface area contributed by atoms with Crippen LogP contribution in [-0.4, -0.2) is 23.1 Å². The SMILES string of the molecule is CCN(CC)c1ccc(Nc2ncnc3scc(-c4ccccc4)c23)cc1. The Labute approximate surface area is 163 Å². The summed E-state index contributed by atoms with van der Waals surface area (Å²) in [5.74, 6) is 0.843. The molecule has 0 aliphatic heterocycles. The molecule has 4 aromatic rings. The van der Waals surface area contributed by atoms with Gasteiger partial charge >= 0.3 is 0 Å². The zero-order valence-electron chi connectivity index (χ0n) is 15.5. The van der Waals surface area contributed by atoms with Crippen LogP contribution in [0.2, 0.25) is 0 Å². The molecule has 0 fully saturated rings. The van der Waals surface area contributed by atoms with E-state index in [1.54, 1.807) is 17.7 Å². The number of benzene rings is 2. The van der Waals surface area contributed by atoms with Crippen LogP contribution >= 0.6 is 11.3 Å². The highest BCUT2D eigenvalue weighted by atomic mass is 32.1. The van der Waals surface area contributed by atoms with E-state index in [0.29, 0.717) is 0 Å². The van der Waals surface area contributed by atoms with Crippen LogP contribution in [0.4, 0.5) is 17.2 Å². The molecule has 2 heterocycles. The van der Waals surface area contributed by atoms with Crippen LogP contribution in [0.25, 0.3) is 21.3 Å². The fourth-order valence-corrected chi connectivity index (χ4v) is 4.20. The number of anilines is 3. The van der Waals surface area contributed by atoms with Gasteiger partial charge < -0.3 is 10.2 Å². The van der Waals surface area contributed by atoms with Gasteiger partial charge in [0.15, 0.2) is 0 Å². The molecule has 0 spiro atoms. The molecule has 0 unspecified atom stereocenters. The fourth-order valence-electron chi connectivity index (χ4n) is 3.28. The molecule has 0 saturated heterocycles. The smallest absolute Gasteiger partial charge is 0.143 e. The fraction of sp³-hybridized carbons (Fsp3) is 0.182. The van der Waals surface area contributed by atoms with Crippen LogP contribution in [0.5, 0.6) is 0 Å². The summed E-state index contributed by atoms with van der Waals surface area (Å²) in [6.07, 6.45) is 1.63. The summed E-state index contributed by atoms with van der Waals surface area (Å²) in [7, 11) is 0. The van der Waals surface area contributed by atoms with Gasteiger partial charge in [0.2, 0.25) is 0 Å². The molecule has 0 aliphatic rings. The first-order chi connectivity index (χ1) is 13.3. The van der Waals surface area contributed by atoms with Crippen molar-refractivity contribution in [2.24, 2.45) is 0 Å². The first-order valence-corrected chi connectivity index (χ1v) is 10.1. The van der Waals surface area contributed by atoms with Gasteiger partial charge in [0.25, 0.3) is 0 Å².